The molecule has 7 heteroatoms. The van der Waals surface area contributed by atoms with Crippen LogP contribution in [0.1, 0.15) is 44.1 Å². The van der Waals surface area contributed by atoms with Crippen molar-refractivity contribution in [1.29, 1.82) is 0 Å². The number of nitrogens with one attached hydrogen (secondary N) is 2. The summed E-state index contributed by atoms with van der Waals surface area (Å²) in [5.74, 6) is 0.295. The molecule has 2 N–H and O–H groups in total. The van der Waals surface area contributed by atoms with Crippen LogP contribution in [0.25, 0.3) is 0 Å². The molecule has 26 heavy (non-hydrogen) atoms. The summed E-state index contributed by atoms with van der Waals surface area (Å²) < 4.78 is 27.5. The zero-order chi connectivity index (χ0) is 18.6. The fourth-order valence-corrected chi connectivity index (χ4v) is 4.39. The molecule has 1 fully saturated rings. The van der Waals surface area contributed by atoms with Crippen LogP contribution in [-0.2, 0) is 10.0 Å². The first-order valence-electron chi connectivity index (χ1n) is 8.95. The van der Waals surface area contributed by atoms with Gasteiger partial charge in [0.15, 0.2) is 0 Å². The molecule has 3 rings (SSSR count). The van der Waals surface area contributed by atoms with Gasteiger partial charge in [-0.25, -0.2) is 13.4 Å². The number of nitrogens with zero attached hydrogens (tertiary/aromatic N) is 1. The lowest BCUT2D eigenvalue weighted by molar-refractivity contribution is 0.601. The minimum absolute atomic E-state index is 0.168. The van der Waals surface area contributed by atoms with E-state index in [9.17, 15) is 8.42 Å². The molecule has 1 aliphatic rings. The Morgan fingerprint density at radius 1 is 1.08 bits per heavy atom. The molecule has 0 spiro atoms. The standard InChI is InChI=1S/C19H24ClN3O2S/c1-14-12-17(9-10-18(14)20)26(24,25)23-19-11-8-16(13-21-19)22-15-6-4-2-3-5-7-15/h8-13,15,22H,2-7H2,1H3,(H,21,23). The average molecular weight is 394 g/mol. The summed E-state index contributed by atoms with van der Waals surface area (Å²) in [6.45, 7) is 1.77. The summed E-state index contributed by atoms with van der Waals surface area (Å²) in [5, 5.41) is 4.04. The van der Waals surface area contributed by atoms with Crippen molar-refractivity contribution in [3.63, 3.8) is 0 Å². The Balaban J connectivity index is 1.67. The van der Waals surface area contributed by atoms with E-state index < -0.39 is 10.0 Å². The summed E-state index contributed by atoms with van der Waals surface area (Å²) in [4.78, 5) is 4.41. The lowest BCUT2D eigenvalue weighted by Crippen LogP contribution is -2.18. The molecular weight excluding hydrogens is 370 g/mol. The summed E-state index contributed by atoms with van der Waals surface area (Å²) in [6, 6.07) is 8.63. The molecule has 0 unspecified atom stereocenters. The molecule has 1 heterocycles. The van der Waals surface area contributed by atoms with Crippen molar-refractivity contribution in [2.45, 2.75) is 56.4 Å². The maximum atomic E-state index is 12.5. The molecule has 1 aromatic heterocycles. The molecule has 0 atom stereocenters. The molecule has 1 saturated carbocycles. The first-order chi connectivity index (χ1) is 12.4. The maximum Gasteiger partial charge on any atom is 0.263 e. The number of anilines is 2. The number of halogens is 1. The summed E-state index contributed by atoms with van der Waals surface area (Å²) in [5.41, 5.74) is 1.63. The van der Waals surface area contributed by atoms with Crippen molar-refractivity contribution in [3.05, 3.63) is 47.1 Å². The minimum Gasteiger partial charge on any atom is -0.381 e. The zero-order valence-corrected chi connectivity index (χ0v) is 16.4. The van der Waals surface area contributed by atoms with E-state index in [0.29, 0.717) is 22.4 Å². The van der Waals surface area contributed by atoms with Crippen LogP contribution in [0.4, 0.5) is 11.5 Å². The monoisotopic (exact) mass is 393 g/mol. The van der Waals surface area contributed by atoms with Crippen LogP contribution in [0.3, 0.4) is 0 Å². The number of aromatic nitrogens is 1. The molecule has 140 valence electrons. The van der Waals surface area contributed by atoms with Gasteiger partial charge in [0.05, 0.1) is 16.8 Å². The smallest absolute Gasteiger partial charge is 0.263 e. The highest BCUT2D eigenvalue weighted by atomic mass is 35.5. The van der Waals surface area contributed by atoms with Gasteiger partial charge in [0.1, 0.15) is 5.82 Å². The number of pyridine rings is 1. The minimum atomic E-state index is -3.69. The van der Waals surface area contributed by atoms with Crippen molar-refractivity contribution in [3.8, 4) is 0 Å². The van der Waals surface area contributed by atoms with Crippen LogP contribution in [0.15, 0.2) is 41.4 Å². The van der Waals surface area contributed by atoms with E-state index in [-0.39, 0.29) is 4.90 Å². The van der Waals surface area contributed by atoms with E-state index in [4.69, 9.17) is 11.6 Å². The van der Waals surface area contributed by atoms with Crippen molar-refractivity contribution in [2.24, 2.45) is 0 Å². The number of rotatable bonds is 5. The third-order valence-corrected chi connectivity index (χ3v) is 6.44. The van der Waals surface area contributed by atoms with Gasteiger partial charge in [0, 0.05) is 11.1 Å². The third kappa shape index (κ3) is 4.89. The van der Waals surface area contributed by atoms with E-state index in [0.717, 1.165) is 5.69 Å². The number of hydrogen-bond donors (Lipinski definition) is 2. The van der Waals surface area contributed by atoms with Crippen molar-refractivity contribution in [1.82, 2.24) is 4.98 Å². The molecule has 1 aliphatic carbocycles. The van der Waals surface area contributed by atoms with E-state index in [1.165, 1.54) is 44.6 Å². The van der Waals surface area contributed by atoms with E-state index >= 15 is 0 Å². The van der Waals surface area contributed by atoms with Crippen LogP contribution >= 0.6 is 11.6 Å². The van der Waals surface area contributed by atoms with E-state index in [1.807, 2.05) is 6.07 Å². The molecule has 0 radical (unpaired) electrons. The van der Waals surface area contributed by atoms with E-state index in [2.05, 4.69) is 15.0 Å². The van der Waals surface area contributed by atoms with Gasteiger partial charge in [-0.15, -0.1) is 0 Å². The van der Waals surface area contributed by atoms with Crippen molar-refractivity contribution in [2.75, 3.05) is 10.0 Å². The van der Waals surface area contributed by atoms with Crippen LogP contribution in [0.2, 0.25) is 5.02 Å². The highest BCUT2D eigenvalue weighted by Gasteiger charge is 2.16. The first kappa shape index (κ1) is 19.0. The van der Waals surface area contributed by atoms with Crippen molar-refractivity contribution < 1.29 is 8.42 Å². The second-order valence-electron chi connectivity index (χ2n) is 6.78. The topological polar surface area (TPSA) is 71.1 Å². The Morgan fingerprint density at radius 3 is 2.42 bits per heavy atom. The zero-order valence-electron chi connectivity index (χ0n) is 14.8. The van der Waals surface area contributed by atoms with Gasteiger partial charge in [-0.05, 0) is 55.7 Å². The van der Waals surface area contributed by atoms with Gasteiger partial charge in [-0.3, -0.25) is 4.72 Å². The maximum absolute atomic E-state index is 12.5. The fourth-order valence-electron chi connectivity index (χ4n) is 3.18. The van der Waals surface area contributed by atoms with Gasteiger partial charge in [-0.1, -0.05) is 37.3 Å². The molecule has 1 aromatic carbocycles. The van der Waals surface area contributed by atoms with Gasteiger partial charge in [0.25, 0.3) is 10.0 Å². The first-order valence-corrected chi connectivity index (χ1v) is 10.8. The summed E-state index contributed by atoms with van der Waals surface area (Å²) in [6.07, 6.45) is 9.14. The van der Waals surface area contributed by atoms with Crippen molar-refractivity contribution >= 4 is 33.1 Å². The predicted molar refractivity (Wildman–Crippen MR) is 106 cm³/mol. The Kier molecular flexibility index (Phi) is 6.04. The number of aryl methyl sites for hydroxylation is 1. The fraction of sp³-hybridized carbons (Fsp3) is 0.421. The van der Waals surface area contributed by atoms with Gasteiger partial charge in [-0.2, -0.15) is 0 Å². The Bertz CT molecular complexity index is 846. The second kappa shape index (κ2) is 8.27. The molecule has 0 bridgehead atoms. The number of benzene rings is 1. The van der Waals surface area contributed by atoms with Crippen LogP contribution < -0.4 is 10.0 Å². The number of hydrogen-bond acceptors (Lipinski definition) is 4. The quantitative estimate of drug-likeness (QED) is 0.703. The molecule has 0 saturated heterocycles. The summed E-state index contributed by atoms with van der Waals surface area (Å²) >= 11 is 5.96. The average Bonchev–Trinajstić information content (AvgIpc) is 2.87. The van der Waals surface area contributed by atoms with Crippen LogP contribution in [-0.4, -0.2) is 19.4 Å². The predicted octanol–water partition coefficient (Wildman–Crippen LogP) is 4.98. The van der Waals surface area contributed by atoms with E-state index in [1.54, 1.807) is 31.3 Å². The Labute approximate surface area is 160 Å². The molecule has 0 amide bonds. The normalized spacial score (nSPS) is 16.1. The largest absolute Gasteiger partial charge is 0.381 e. The molecule has 2 aromatic rings. The summed E-state index contributed by atoms with van der Waals surface area (Å²) in [7, 11) is -3.69. The Morgan fingerprint density at radius 2 is 1.81 bits per heavy atom. The molecule has 0 aliphatic heterocycles. The highest BCUT2D eigenvalue weighted by molar-refractivity contribution is 7.92. The van der Waals surface area contributed by atoms with Crippen LogP contribution in [0, 0.1) is 6.92 Å². The van der Waals surface area contributed by atoms with Crippen LogP contribution in [0.5, 0.6) is 0 Å². The molecule has 5 nitrogen and oxygen atoms in total. The van der Waals surface area contributed by atoms with Gasteiger partial charge >= 0.3 is 0 Å². The number of sulfonamides is 1. The highest BCUT2D eigenvalue weighted by Crippen LogP contribution is 2.23. The Hall–Kier alpha value is -1.79. The lowest BCUT2D eigenvalue weighted by atomic mass is 10.1. The SMILES string of the molecule is Cc1cc(S(=O)(=O)Nc2ccc(NC3CCCCCC3)cn2)ccc1Cl. The molecular formula is C19H24ClN3O2S. The lowest BCUT2D eigenvalue weighted by Gasteiger charge is -2.17. The second-order valence-corrected chi connectivity index (χ2v) is 8.87. The van der Waals surface area contributed by atoms with Gasteiger partial charge in [0.2, 0.25) is 0 Å². The third-order valence-electron chi connectivity index (χ3n) is 4.67. The van der Waals surface area contributed by atoms with Gasteiger partial charge < -0.3 is 5.32 Å².